The number of ether oxygens (including phenoxy) is 2. The molecule has 1 aromatic carbocycles. The number of nitrogens with one attached hydrogen (secondary N) is 2. The highest BCUT2D eigenvalue weighted by molar-refractivity contribution is 5.93. The standard InChI is InChI=1S/C13H19N3O3/c1-2-4-15-13(17)16-10-8-12-11(7-9(10)14)18-5-3-6-19-12/h7-8H,2-6,14H2,1H3,(H2,15,16,17). The van der Waals surface area contributed by atoms with Gasteiger partial charge < -0.3 is 25.8 Å². The van der Waals surface area contributed by atoms with E-state index in [4.69, 9.17) is 15.2 Å². The maximum atomic E-state index is 11.6. The van der Waals surface area contributed by atoms with E-state index in [0.29, 0.717) is 42.6 Å². The van der Waals surface area contributed by atoms with Gasteiger partial charge >= 0.3 is 6.03 Å². The first-order valence-electron chi connectivity index (χ1n) is 6.44. The van der Waals surface area contributed by atoms with Crippen molar-refractivity contribution >= 4 is 17.4 Å². The molecule has 6 nitrogen and oxygen atoms in total. The fourth-order valence-electron chi connectivity index (χ4n) is 1.74. The summed E-state index contributed by atoms with van der Waals surface area (Å²) in [5.74, 6) is 1.23. The molecule has 0 atom stereocenters. The molecule has 1 aliphatic rings. The lowest BCUT2D eigenvalue weighted by molar-refractivity contribution is 0.252. The number of carbonyl (C=O) groups is 1. The van der Waals surface area contributed by atoms with E-state index in [1.807, 2.05) is 6.92 Å². The molecule has 0 fully saturated rings. The van der Waals surface area contributed by atoms with Crippen LogP contribution in [0.3, 0.4) is 0 Å². The Morgan fingerprint density at radius 3 is 2.68 bits per heavy atom. The van der Waals surface area contributed by atoms with Gasteiger partial charge in [-0.25, -0.2) is 4.79 Å². The van der Waals surface area contributed by atoms with Crippen LogP contribution in [-0.4, -0.2) is 25.8 Å². The van der Waals surface area contributed by atoms with Gasteiger partial charge in [-0.15, -0.1) is 0 Å². The molecule has 2 rings (SSSR count). The van der Waals surface area contributed by atoms with E-state index in [1.165, 1.54) is 0 Å². The summed E-state index contributed by atoms with van der Waals surface area (Å²) in [4.78, 5) is 11.6. The summed E-state index contributed by atoms with van der Waals surface area (Å²) in [5.41, 5.74) is 6.87. The Labute approximate surface area is 112 Å². The fraction of sp³-hybridized carbons (Fsp3) is 0.462. The van der Waals surface area contributed by atoms with Crippen molar-refractivity contribution in [3.63, 3.8) is 0 Å². The van der Waals surface area contributed by atoms with Crippen molar-refractivity contribution in [2.24, 2.45) is 0 Å². The lowest BCUT2D eigenvalue weighted by Gasteiger charge is -2.13. The van der Waals surface area contributed by atoms with Crippen molar-refractivity contribution in [2.45, 2.75) is 19.8 Å². The van der Waals surface area contributed by atoms with Gasteiger partial charge in [0.1, 0.15) is 0 Å². The van der Waals surface area contributed by atoms with Gasteiger partial charge in [0.2, 0.25) is 0 Å². The Balaban J connectivity index is 2.12. The highest BCUT2D eigenvalue weighted by Crippen LogP contribution is 2.36. The molecule has 0 bridgehead atoms. The lowest BCUT2D eigenvalue weighted by atomic mass is 10.2. The van der Waals surface area contributed by atoms with E-state index in [-0.39, 0.29) is 6.03 Å². The monoisotopic (exact) mass is 265 g/mol. The van der Waals surface area contributed by atoms with Gasteiger partial charge in [-0.3, -0.25) is 0 Å². The van der Waals surface area contributed by atoms with Crippen LogP contribution >= 0.6 is 0 Å². The quantitative estimate of drug-likeness (QED) is 0.729. The first kappa shape index (κ1) is 13.3. The predicted molar refractivity (Wildman–Crippen MR) is 73.8 cm³/mol. The van der Waals surface area contributed by atoms with E-state index in [1.54, 1.807) is 12.1 Å². The Morgan fingerprint density at radius 2 is 2.00 bits per heavy atom. The van der Waals surface area contributed by atoms with Gasteiger partial charge in [-0.1, -0.05) is 6.92 Å². The molecule has 1 heterocycles. The van der Waals surface area contributed by atoms with Crippen LogP contribution in [0.25, 0.3) is 0 Å². The molecule has 19 heavy (non-hydrogen) atoms. The van der Waals surface area contributed by atoms with Crippen LogP contribution in [0, 0.1) is 0 Å². The number of nitrogens with two attached hydrogens (primary N) is 1. The van der Waals surface area contributed by atoms with Gasteiger partial charge in [0, 0.05) is 25.1 Å². The Hall–Kier alpha value is -2.11. The Morgan fingerprint density at radius 1 is 1.32 bits per heavy atom. The summed E-state index contributed by atoms with van der Waals surface area (Å²) in [6, 6.07) is 3.10. The third-order valence-corrected chi connectivity index (χ3v) is 2.70. The van der Waals surface area contributed by atoms with Gasteiger partial charge in [0.15, 0.2) is 11.5 Å². The number of amides is 2. The zero-order valence-corrected chi connectivity index (χ0v) is 11.0. The molecular weight excluding hydrogens is 246 g/mol. The molecule has 4 N–H and O–H groups in total. The number of fused-ring (bicyclic) bond motifs is 1. The zero-order chi connectivity index (χ0) is 13.7. The summed E-state index contributed by atoms with van der Waals surface area (Å²) in [5, 5.41) is 5.43. The van der Waals surface area contributed by atoms with Crippen LogP contribution < -0.4 is 25.8 Å². The summed E-state index contributed by atoms with van der Waals surface area (Å²) in [6.45, 7) is 3.81. The second kappa shape index (κ2) is 6.17. The van der Waals surface area contributed by atoms with E-state index in [9.17, 15) is 4.79 Å². The van der Waals surface area contributed by atoms with Crippen molar-refractivity contribution < 1.29 is 14.3 Å². The molecule has 0 aromatic heterocycles. The van der Waals surface area contributed by atoms with Crippen LogP contribution in [0.1, 0.15) is 19.8 Å². The average molecular weight is 265 g/mol. The number of carbonyl (C=O) groups excluding carboxylic acids is 1. The summed E-state index contributed by atoms with van der Waals surface area (Å²) < 4.78 is 11.1. The maximum absolute atomic E-state index is 11.6. The summed E-state index contributed by atoms with van der Waals surface area (Å²) >= 11 is 0. The second-order valence-electron chi connectivity index (χ2n) is 4.32. The number of urea groups is 1. The lowest BCUT2D eigenvalue weighted by Crippen LogP contribution is -2.29. The number of hydrogen-bond donors (Lipinski definition) is 3. The third-order valence-electron chi connectivity index (χ3n) is 2.70. The average Bonchev–Trinajstić information content (AvgIpc) is 2.62. The molecule has 1 aromatic rings. The summed E-state index contributed by atoms with van der Waals surface area (Å²) in [6.07, 6.45) is 1.71. The van der Waals surface area contributed by atoms with Gasteiger partial charge in [-0.05, 0) is 6.42 Å². The molecule has 0 spiro atoms. The van der Waals surface area contributed by atoms with Crippen LogP contribution in [0.5, 0.6) is 11.5 Å². The van der Waals surface area contributed by atoms with Crippen molar-refractivity contribution in [3.05, 3.63) is 12.1 Å². The number of nitrogen functional groups attached to an aromatic ring is 1. The number of hydrogen-bond acceptors (Lipinski definition) is 4. The number of benzene rings is 1. The van der Waals surface area contributed by atoms with Gasteiger partial charge in [0.25, 0.3) is 0 Å². The third kappa shape index (κ3) is 3.43. The van der Waals surface area contributed by atoms with Crippen LogP contribution in [0.4, 0.5) is 16.2 Å². The van der Waals surface area contributed by atoms with Crippen molar-refractivity contribution in [3.8, 4) is 11.5 Å². The zero-order valence-electron chi connectivity index (χ0n) is 11.0. The Kier molecular flexibility index (Phi) is 4.33. The SMILES string of the molecule is CCCNC(=O)Nc1cc2c(cc1N)OCCCO2. The molecule has 0 radical (unpaired) electrons. The van der Waals surface area contributed by atoms with E-state index in [0.717, 1.165) is 12.8 Å². The van der Waals surface area contributed by atoms with Crippen LogP contribution in [0.15, 0.2) is 12.1 Å². The normalized spacial score (nSPS) is 13.5. The molecule has 0 saturated carbocycles. The largest absolute Gasteiger partial charge is 0.489 e. The molecule has 2 amide bonds. The first-order chi connectivity index (χ1) is 9.20. The molecule has 104 valence electrons. The van der Waals surface area contributed by atoms with Crippen molar-refractivity contribution in [1.29, 1.82) is 0 Å². The second-order valence-corrected chi connectivity index (χ2v) is 4.32. The number of anilines is 2. The molecule has 0 saturated heterocycles. The topological polar surface area (TPSA) is 85.6 Å². The summed E-state index contributed by atoms with van der Waals surface area (Å²) in [7, 11) is 0. The first-order valence-corrected chi connectivity index (χ1v) is 6.44. The minimum atomic E-state index is -0.275. The predicted octanol–water partition coefficient (Wildman–Crippen LogP) is 1.96. The number of rotatable bonds is 3. The van der Waals surface area contributed by atoms with E-state index < -0.39 is 0 Å². The molecule has 6 heteroatoms. The van der Waals surface area contributed by atoms with Gasteiger partial charge in [-0.2, -0.15) is 0 Å². The minimum absolute atomic E-state index is 0.275. The molecule has 0 unspecified atom stereocenters. The molecular formula is C13H19N3O3. The maximum Gasteiger partial charge on any atom is 0.319 e. The van der Waals surface area contributed by atoms with Gasteiger partial charge in [0.05, 0.1) is 24.6 Å². The van der Waals surface area contributed by atoms with Crippen molar-refractivity contribution in [1.82, 2.24) is 5.32 Å². The van der Waals surface area contributed by atoms with Crippen LogP contribution in [-0.2, 0) is 0 Å². The van der Waals surface area contributed by atoms with Crippen LogP contribution in [0.2, 0.25) is 0 Å². The molecule has 1 aliphatic heterocycles. The highest BCUT2D eigenvalue weighted by atomic mass is 16.5. The fourth-order valence-corrected chi connectivity index (χ4v) is 1.74. The van der Waals surface area contributed by atoms with E-state index in [2.05, 4.69) is 10.6 Å². The smallest absolute Gasteiger partial charge is 0.319 e. The van der Waals surface area contributed by atoms with Crippen molar-refractivity contribution in [2.75, 3.05) is 30.8 Å². The van der Waals surface area contributed by atoms with E-state index >= 15 is 0 Å². The minimum Gasteiger partial charge on any atom is -0.489 e. The highest BCUT2D eigenvalue weighted by Gasteiger charge is 2.14. The molecule has 0 aliphatic carbocycles. The Bertz CT molecular complexity index is 463.